The second-order valence-corrected chi connectivity index (χ2v) is 6.22. The lowest BCUT2D eigenvalue weighted by atomic mass is 10.1. The van der Waals surface area contributed by atoms with E-state index in [1.807, 2.05) is 10.9 Å². The van der Waals surface area contributed by atoms with E-state index in [1.54, 1.807) is 0 Å². The number of nitrogens with zero attached hydrogens (tertiary/aromatic N) is 3. The monoisotopic (exact) mass is 351 g/mol. The molecule has 8 nitrogen and oxygen atoms in total. The molecule has 0 spiro atoms. The van der Waals surface area contributed by atoms with Gasteiger partial charge in [-0.1, -0.05) is 25.6 Å². The second-order valence-electron chi connectivity index (χ2n) is 6.22. The van der Waals surface area contributed by atoms with Crippen LogP contribution < -0.4 is 10.6 Å². The van der Waals surface area contributed by atoms with E-state index in [0.29, 0.717) is 31.8 Å². The van der Waals surface area contributed by atoms with Crippen LogP contribution in [0.4, 0.5) is 0 Å². The number of ether oxygens (including phenoxy) is 1. The van der Waals surface area contributed by atoms with Gasteiger partial charge < -0.3 is 15.4 Å². The smallest absolute Gasteiger partial charge is 0.257 e. The summed E-state index contributed by atoms with van der Waals surface area (Å²) in [7, 11) is 0. The lowest BCUT2D eigenvalue weighted by molar-refractivity contribution is -0.124. The molecule has 0 aliphatic heterocycles. The molecule has 25 heavy (non-hydrogen) atoms. The third kappa shape index (κ3) is 10.2. The van der Waals surface area contributed by atoms with Gasteiger partial charge in [0.05, 0.1) is 19.0 Å². The molecule has 0 fully saturated rings. The molecular formula is C17H29N5O3. The van der Waals surface area contributed by atoms with Crippen molar-refractivity contribution in [2.24, 2.45) is 5.92 Å². The van der Waals surface area contributed by atoms with E-state index in [0.717, 1.165) is 25.1 Å². The first-order chi connectivity index (χ1) is 12.0. The highest BCUT2D eigenvalue weighted by atomic mass is 16.5. The maximum atomic E-state index is 11.8. The molecule has 0 bridgehead atoms. The second kappa shape index (κ2) is 12.0. The van der Waals surface area contributed by atoms with E-state index in [9.17, 15) is 9.59 Å². The number of carbonyl (C=O) groups is 2. The standard InChI is InChI=1S/C17H29N5O3/c1-4-25-13-17(24)18-9-5-8-16(23)19-11-15-12-22(21-20-15)10-6-7-14(2)3/h4,12,14H,1,5-11,13H2,2-3H3,(H,18,24)(H,19,23). The van der Waals surface area contributed by atoms with Gasteiger partial charge in [0.1, 0.15) is 5.69 Å². The molecule has 1 aromatic heterocycles. The Hall–Kier alpha value is -2.38. The topological polar surface area (TPSA) is 98.1 Å². The van der Waals surface area contributed by atoms with Gasteiger partial charge in [-0.25, -0.2) is 0 Å². The molecule has 8 heteroatoms. The van der Waals surface area contributed by atoms with Gasteiger partial charge in [0.25, 0.3) is 5.91 Å². The van der Waals surface area contributed by atoms with Crippen LogP contribution in [-0.4, -0.2) is 40.0 Å². The summed E-state index contributed by atoms with van der Waals surface area (Å²) >= 11 is 0. The van der Waals surface area contributed by atoms with E-state index in [2.05, 4.69) is 41.4 Å². The van der Waals surface area contributed by atoms with Crippen molar-refractivity contribution < 1.29 is 14.3 Å². The minimum absolute atomic E-state index is 0.0531. The Morgan fingerprint density at radius 1 is 1.32 bits per heavy atom. The highest BCUT2D eigenvalue weighted by Crippen LogP contribution is 2.05. The fourth-order valence-electron chi connectivity index (χ4n) is 2.13. The van der Waals surface area contributed by atoms with E-state index < -0.39 is 0 Å². The SMILES string of the molecule is C=COCC(=O)NCCCC(=O)NCc1cn(CCCC(C)C)nn1. The number of carbonyl (C=O) groups excluding carboxylic acids is 2. The zero-order valence-electron chi connectivity index (χ0n) is 15.2. The maximum Gasteiger partial charge on any atom is 0.257 e. The Kier molecular flexibility index (Phi) is 9.96. The fraction of sp³-hybridized carbons (Fsp3) is 0.647. The first-order valence-electron chi connectivity index (χ1n) is 8.66. The summed E-state index contributed by atoms with van der Waals surface area (Å²) in [4.78, 5) is 23.0. The number of aryl methyl sites for hydroxylation is 1. The summed E-state index contributed by atoms with van der Waals surface area (Å²) in [5, 5.41) is 13.6. The average Bonchev–Trinajstić information content (AvgIpc) is 3.02. The van der Waals surface area contributed by atoms with Gasteiger partial charge in [-0.2, -0.15) is 0 Å². The highest BCUT2D eigenvalue weighted by molar-refractivity contribution is 5.77. The van der Waals surface area contributed by atoms with Crippen LogP contribution in [0.1, 0.15) is 45.2 Å². The normalized spacial score (nSPS) is 10.5. The van der Waals surface area contributed by atoms with Crippen LogP contribution in [0, 0.1) is 5.92 Å². The van der Waals surface area contributed by atoms with Gasteiger partial charge in [0.15, 0.2) is 6.61 Å². The average molecular weight is 351 g/mol. The quantitative estimate of drug-likeness (QED) is 0.413. The predicted octanol–water partition coefficient (Wildman–Crippen LogP) is 1.39. The number of rotatable bonds is 13. The van der Waals surface area contributed by atoms with Crippen LogP contribution in [0.5, 0.6) is 0 Å². The van der Waals surface area contributed by atoms with Crippen molar-refractivity contribution in [1.82, 2.24) is 25.6 Å². The molecule has 1 aromatic rings. The highest BCUT2D eigenvalue weighted by Gasteiger charge is 2.06. The van der Waals surface area contributed by atoms with Crippen LogP contribution in [0.2, 0.25) is 0 Å². The van der Waals surface area contributed by atoms with E-state index in [-0.39, 0.29) is 18.4 Å². The first-order valence-corrected chi connectivity index (χ1v) is 8.66. The van der Waals surface area contributed by atoms with Crippen LogP contribution in [0.3, 0.4) is 0 Å². The van der Waals surface area contributed by atoms with E-state index in [1.165, 1.54) is 6.26 Å². The summed E-state index contributed by atoms with van der Waals surface area (Å²) in [6, 6.07) is 0. The lowest BCUT2D eigenvalue weighted by Crippen LogP contribution is -2.29. The maximum absolute atomic E-state index is 11.8. The Bertz CT molecular complexity index is 542. The zero-order chi connectivity index (χ0) is 18.5. The van der Waals surface area contributed by atoms with Gasteiger partial charge in [-0.3, -0.25) is 14.3 Å². The van der Waals surface area contributed by atoms with Crippen molar-refractivity contribution >= 4 is 11.8 Å². The Balaban J connectivity index is 2.12. The van der Waals surface area contributed by atoms with Crippen LogP contribution in [-0.2, 0) is 27.4 Å². The third-order valence-corrected chi connectivity index (χ3v) is 3.46. The third-order valence-electron chi connectivity index (χ3n) is 3.46. The van der Waals surface area contributed by atoms with Crippen molar-refractivity contribution in [3.63, 3.8) is 0 Å². The first kappa shape index (κ1) is 20.7. The molecule has 0 unspecified atom stereocenters. The molecule has 2 N–H and O–H groups in total. The summed E-state index contributed by atoms with van der Waals surface area (Å²) in [6.07, 6.45) is 6.20. The number of nitrogens with one attached hydrogen (secondary N) is 2. The van der Waals surface area contributed by atoms with Gasteiger partial charge in [-0.05, 0) is 25.2 Å². The fourth-order valence-corrected chi connectivity index (χ4v) is 2.13. The molecule has 0 aliphatic carbocycles. The van der Waals surface area contributed by atoms with Gasteiger partial charge in [0.2, 0.25) is 5.91 Å². The van der Waals surface area contributed by atoms with Crippen molar-refractivity contribution in [2.75, 3.05) is 13.2 Å². The molecule has 1 rings (SSSR count). The molecule has 1 heterocycles. The van der Waals surface area contributed by atoms with Gasteiger partial charge in [-0.15, -0.1) is 5.10 Å². The zero-order valence-corrected chi connectivity index (χ0v) is 15.2. The molecular weight excluding hydrogens is 322 g/mol. The molecule has 0 saturated heterocycles. The predicted molar refractivity (Wildman–Crippen MR) is 94.3 cm³/mol. The van der Waals surface area contributed by atoms with Crippen molar-refractivity contribution in [3.8, 4) is 0 Å². The van der Waals surface area contributed by atoms with Crippen LogP contribution >= 0.6 is 0 Å². The van der Waals surface area contributed by atoms with Crippen molar-refractivity contribution in [3.05, 3.63) is 24.7 Å². The summed E-state index contributed by atoms with van der Waals surface area (Å²) in [6.45, 7) is 9.33. The molecule has 140 valence electrons. The number of hydrogen-bond donors (Lipinski definition) is 2. The minimum atomic E-state index is -0.227. The molecule has 0 radical (unpaired) electrons. The van der Waals surface area contributed by atoms with E-state index in [4.69, 9.17) is 4.74 Å². The summed E-state index contributed by atoms with van der Waals surface area (Å²) in [5.74, 6) is 0.377. The Morgan fingerprint density at radius 2 is 2.12 bits per heavy atom. The van der Waals surface area contributed by atoms with Crippen molar-refractivity contribution in [1.29, 1.82) is 0 Å². The molecule has 0 saturated carbocycles. The minimum Gasteiger partial charge on any atom is -0.492 e. The number of hydrogen-bond acceptors (Lipinski definition) is 5. The molecule has 0 aliphatic rings. The largest absolute Gasteiger partial charge is 0.492 e. The van der Waals surface area contributed by atoms with Gasteiger partial charge in [0, 0.05) is 19.5 Å². The molecule has 0 atom stereocenters. The summed E-state index contributed by atoms with van der Waals surface area (Å²) < 4.78 is 6.57. The van der Waals surface area contributed by atoms with E-state index >= 15 is 0 Å². The molecule has 0 aromatic carbocycles. The Morgan fingerprint density at radius 3 is 2.84 bits per heavy atom. The number of amides is 2. The van der Waals surface area contributed by atoms with Crippen LogP contribution in [0.15, 0.2) is 19.0 Å². The van der Waals surface area contributed by atoms with Crippen molar-refractivity contribution in [2.45, 2.75) is 52.6 Å². The number of aromatic nitrogens is 3. The van der Waals surface area contributed by atoms with Crippen LogP contribution in [0.25, 0.3) is 0 Å². The molecule has 2 amide bonds. The van der Waals surface area contributed by atoms with Gasteiger partial charge >= 0.3 is 0 Å². The summed E-state index contributed by atoms with van der Waals surface area (Å²) in [5.41, 5.74) is 0.743. The Labute approximate surface area is 149 Å². The lowest BCUT2D eigenvalue weighted by Gasteiger charge is -2.05.